The molecule has 1 aromatic heterocycles. The Morgan fingerprint density at radius 1 is 1.44 bits per heavy atom. The fourth-order valence-corrected chi connectivity index (χ4v) is 2.71. The smallest absolute Gasteiger partial charge is 0.135 e. The van der Waals surface area contributed by atoms with Crippen LogP contribution in [-0.2, 0) is 13.0 Å². The van der Waals surface area contributed by atoms with E-state index in [1.165, 1.54) is 5.01 Å². The zero-order chi connectivity index (χ0) is 13.0. The average molecular weight is 327 g/mol. The molecule has 3 nitrogen and oxygen atoms in total. The lowest BCUT2D eigenvalue weighted by molar-refractivity contribution is 0.412. The molecule has 2 rings (SSSR count). The van der Waals surface area contributed by atoms with Crippen LogP contribution in [0, 0.1) is 0 Å². The first-order valence-electron chi connectivity index (χ1n) is 5.73. The minimum atomic E-state index is 0.737. The molecular formula is C13H15BrN2OS. The number of benzene rings is 1. The molecule has 0 spiro atoms. The maximum atomic E-state index is 5.26. The second-order valence-corrected chi connectivity index (χ2v) is 5.59. The van der Waals surface area contributed by atoms with Crippen LogP contribution in [0.25, 0.3) is 0 Å². The van der Waals surface area contributed by atoms with Crippen molar-refractivity contribution < 1.29 is 4.74 Å². The van der Waals surface area contributed by atoms with Gasteiger partial charge in [-0.05, 0) is 34.5 Å². The van der Waals surface area contributed by atoms with Crippen LogP contribution in [0.4, 0.5) is 5.69 Å². The van der Waals surface area contributed by atoms with Crippen LogP contribution in [0.15, 0.2) is 28.1 Å². The molecule has 0 aliphatic heterocycles. The predicted octanol–water partition coefficient (Wildman–Crippen LogP) is 4.09. The Morgan fingerprint density at radius 2 is 2.28 bits per heavy atom. The van der Waals surface area contributed by atoms with Gasteiger partial charge in [0.1, 0.15) is 5.75 Å². The number of nitrogens with one attached hydrogen (secondary N) is 1. The normalized spacial score (nSPS) is 10.4. The van der Waals surface area contributed by atoms with Gasteiger partial charge in [-0.25, -0.2) is 4.98 Å². The number of aryl methyl sites for hydroxylation is 1. The molecule has 0 atom stereocenters. The molecule has 18 heavy (non-hydrogen) atoms. The molecule has 0 bridgehead atoms. The van der Waals surface area contributed by atoms with E-state index in [1.807, 2.05) is 18.2 Å². The number of anilines is 1. The first kappa shape index (κ1) is 13.4. The van der Waals surface area contributed by atoms with Gasteiger partial charge in [-0.2, -0.15) is 0 Å². The summed E-state index contributed by atoms with van der Waals surface area (Å²) in [4.78, 5) is 4.52. The summed E-state index contributed by atoms with van der Waals surface area (Å²) in [5.74, 6) is 0.826. The fourth-order valence-electron chi connectivity index (χ4n) is 1.55. The van der Waals surface area contributed by atoms with E-state index in [-0.39, 0.29) is 0 Å². The molecule has 96 valence electrons. The molecule has 0 aliphatic rings. The van der Waals surface area contributed by atoms with E-state index < -0.39 is 0 Å². The Kier molecular flexibility index (Phi) is 4.60. The lowest BCUT2D eigenvalue weighted by atomic mass is 10.3. The van der Waals surface area contributed by atoms with Gasteiger partial charge in [-0.3, -0.25) is 0 Å². The van der Waals surface area contributed by atoms with Crippen LogP contribution in [0.3, 0.4) is 0 Å². The van der Waals surface area contributed by atoms with Crippen molar-refractivity contribution in [3.63, 3.8) is 0 Å². The molecule has 1 heterocycles. The number of rotatable bonds is 5. The lowest BCUT2D eigenvalue weighted by Crippen LogP contribution is -2.00. The Balaban J connectivity index is 2.01. The summed E-state index contributed by atoms with van der Waals surface area (Å²) in [7, 11) is 1.66. The number of thiazole rings is 1. The van der Waals surface area contributed by atoms with Crippen LogP contribution in [-0.4, -0.2) is 12.1 Å². The molecule has 0 fully saturated rings. The van der Waals surface area contributed by atoms with Crippen molar-refractivity contribution in [3.8, 4) is 5.75 Å². The van der Waals surface area contributed by atoms with E-state index in [1.54, 1.807) is 18.4 Å². The highest BCUT2D eigenvalue weighted by molar-refractivity contribution is 9.10. The van der Waals surface area contributed by atoms with E-state index >= 15 is 0 Å². The fraction of sp³-hybridized carbons (Fsp3) is 0.308. The zero-order valence-corrected chi connectivity index (χ0v) is 12.8. The van der Waals surface area contributed by atoms with Crippen LogP contribution in [0.5, 0.6) is 5.75 Å². The van der Waals surface area contributed by atoms with E-state index in [0.29, 0.717) is 0 Å². The second-order valence-electron chi connectivity index (χ2n) is 3.79. The van der Waals surface area contributed by atoms with Crippen LogP contribution >= 0.6 is 27.3 Å². The minimum Gasteiger partial charge on any atom is -0.495 e. The second kappa shape index (κ2) is 6.20. The highest BCUT2D eigenvalue weighted by Crippen LogP contribution is 2.28. The van der Waals surface area contributed by atoms with E-state index in [4.69, 9.17) is 4.74 Å². The molecule has 1 aromatic carbocycles. The van der Waals surface area contributed by atoms with Gasteiger partial charge in [0, 0.05) is 17.1 Å². The Labute approximate surface area is 119 Å². The molecule has 0 aliphatic carbocycles. The largest absolute Gasteiger partial charge is 0.495 e. The van der Waals surface area contributed by atoms with Crippen molar-refractivity contribution in [1.29, 1.82) is 0 Å². The number of aromatic nitrogens is 1. The Bertz CT molecular complexity index is 527. The molecule has 2 aromatic rings. The topological polar surface area (TPSA) is 34.2 Å². The quantitative estimate of drug-likeness (QED) is 0.898. The number of hydrogen-bond acceptors (Lipinski definition) is 4. The molecule has 0 saturated heterocycles. The minimum absolute atomic E-state index is 0.737. The molecule has 5 heteroatoms. The summed E-state index contributed by atoms with van der Waals surface area (Å²) in [6, 6.07) is 5.95. The summed E-state index contributed by atoms with van der Waals surface area (Å²) in [6.07, 6.45) is 0.997. The molecule has 1 N–H and O–H groups in total. The third kappa shape index (κ3) is 3.23. The third-order valence-electron chi connectivity index (χ3n) is 2.53. The summed E-state index contributed by atoms with van der Waals surface area (Å²) >= 11 is 5.15. The summed E-state index contributed by atoms with van der Waals surface area (Å²) in [6.45, 7) is 2.86. The number of hydrogen-bond donors (Lipinski definition) is 1. The number of ether oxygens (including phenoxy) is 1. The van der Waals surface area contributed by atoms with Crippen molar-refractivity contribution in [3.05, 3.63) is 38.8 Å². The van der Waals surface area contributed by atoms with E-state index in [9.17, 15) is 0 Å². The maximum Gasteiger partial charge on any atom is 0.135 e. The van der Waals surface area contributed by atoms with Gasteiger partial charge < -0.3 is 10.1 Å². The zero-order valence-electron chi connectivity index (χ0n) is 10.4. The molecule has 0 unspecified atom stereocenters. The molecule has 0 amide bonds. The van der Waals surface area contributed by atoms with Crippen molar-refractivity contribution in [2.75, 3.05) is 12.4 Å². The number of nitrogens with zero attached hydrogens (tertiary/aromatic N) is 1. The highest BCUT2D eigenvalue weighted by atomic mass is 79.9. The maximum absolute atomic E-state index is 5.26. The van der Waals surface area contributed by atoms with Gasteiger partial charge >= 0.3 is 0 Å². The van der Waals surface area contributed by atoms with Crippen molar-refractivity contribution in [2.45, 2.75) is 19.9 Å². The van der Waals surface area contributed by atoms with Gasteiger partial charge in [-0.15, -0.1) is 11.3 Å². The molecule has 0 saturated carbocycles. The number of halogens is 1. The van der Waals surface area contributed by atoms with Crippen LogP contribution < -0.4 is 10.1 Å². The summed E-state index contributed by atoms with van der Waals surface area (Å²) in [5.41, 5.74) is 2.11. The molecule has 0 radical (unpaired) electrons. The van der Waals surface area contributed by atoms with Gasteiger partial charge in [-0.1, -0.05) is 6.92 Å². The third-order valence-corrected chi connectivity index (χ3v) is 4.22. The first-order valence-corrected chi connectivity index (χ1v) is 7.41. The van der Waals surface area contributed by atoms with Crippen molar-refractivity contribution in [2.24, 2.45) is 0 Å². The van der Waals surface area contributed by atoms with Crippen molar-refractivity contribution >= 4 is 33.0 Å². The molecular weight excluding hydrogens is 312 g/mol. The summed E-state index contributed by atoms with van der Waals surface area (Å²) < 4.78 is 6.21. The van der Waals surface area contributed by atoms with Crippen LogP contribution in [0.1, 0.15) is 17.6 Å². The first-order chi connectivity index (χ1) is 8.72. The van der Waals surface area contributed by atoms with Gasteiger partial charge in [0.15, 0.2) is 0 Å². The monoisotopic (exact) mass is 326 g/mol. The average Bonchev–Trinajstić information content (AvgIpc) is 2.86. The summed E-state index contributed by atoms with van der Waals surface area (Å²) in [5, 5.41) is 6.62. The Morgan fingerprint density at radius 3 is 2.94 bits per heavy atom. The van der Waals surface area contributed by atoms with E-state index in [0.717, 1.165) is 34.6 Å². The Hall–Kier alpha value is -1.07. The number of methoxy groups -OCH3 is 1. The predicted molar refractivity (Wildman–Crippen MR) is 79.5 cm³/mol. The SMILES string of the molecule is CCc1nc(CNc2ccc(Br)c(OC)c2)cs1. The van der Waals surface area contributed by atoms with Gasteiger partial charge in [0.05, 0.1) is 28.8 Å². The van der Waals surface area contributed by atoms with Gasteiger partial charge in [0.2, 0.25) is 0 Å². The van der Waals surface area contributed by atoms with Crippen molar-refractivity contribution in [1.82, 2.24) is 4.98 Å². The highest BCUT2D eigenvalue weighted by Gasteiger charge is 2.03. The van der Waals surface area contributed by atoms with Crippen LogP contribution in [0.2, 0.25) is 0 Å². The standard InChI is InChI=1S/C13H15BrN2OS/c1-3-13-16-10(8-18-13)7-15-9-4-5-11(14)12(6-9)17-2/h4-6,8,15H,3,7H2,1-2H3. The van der Waals surface area contributed by atoms with E-state index in [2.05, 4.69) is 38.5 Å². The van der Waals surface area contributed by atoms with Gasteiger partial charge in [0.25, 0.3) is 0 Å². The lowest BCUT2D eigenvalue weighted by Gasteiger charge is -2.08.